The average molecular weight is 1150 g/mol. The van der Waals surface area contributed by atoms with Crippen molar-refractivity contribution >= 4 is 25.7 Å². The lowest BCUT2D eigenvalue weighted by Crippen LogP contribution is -2.30. The number of unbranched alkanes of at least 4 members (excludes halogenated alkanes) is 35. The van der Waals surface area contributed by atoms with Crippen LogP contribution in [0.3, 0.4) is 0 Å². The van der Waals surface area contributed by atoms with Crippen LogP contribution < -0.4 is 0 Å². The SMILES string of the molecule is CC/C=C\C/C=C\C/C=C\C/C=C\CCCCCCCCC(=O)OC(COC(=O)CCCCCCCCCCCCCCCCCCC)COP(=O)(O)OCC(CO)OC(=O)CCCCCCCCC/C=C\CCCCCCCC. The number of allylic oxidation sites excluding steroid dienone is 10. The van der Waals surface area contributed by atoms with E-state index in [9.17, 15) is 28.9 Å². The van der Waals surface area contributed by atoms with Crippen molar-refractivity contribution in [3.63, 3.8) is 0 Å². The van der Waals surface area contributed by atoms with Crippen molar-refractivity contribution in [1.29, 1.82) is 0 Å². The van der Waals surface area contributed by atoms with E-state index in [1.165, 1.54) is 148 Å². The Morgan fingerprint density at radius 2 is 0.650 bits per heavy atom. The number of carbonyl (C=O) groups excluding carboxylic acids is 3. The van der Waals surface area contributed by atoms with Crippen molar-refractivity contribution in [3.05, 3.63) is 60.8 Å². The summed E-state index contributed by atoms with van der Waals surface area (Å²) in [6, 6.07) is 0. The molecule has 0 aliphatic carbocycles. The molecule has 0 radical (unpaired) electrons. The normalized spacial score (nSPS) is 13.6. The number of esters is 3. The fourth-order valence-corrected chi connectivity index (χ4v) is 10.2. The highest BCUT2D eigenvalue weighted by molar-refractivity contribution is 7.47. The molecule has 0 amide bonds. The number of phosphoric ester groups is 1. The first kappa shape index (κ1) is 77.2. The van der Waals surface area contributed by atoms with Crippen LogP contribution in [0, 0.1) is 0 Å². The van der Waals surface area contributed by atoms with E-state index >= 15 is 0 Å². The zero-order valence-electron chi connectivity index (χ0n) is 51.8. The fourth-order valence-electron chi connectivity index (χ4n) is 9.40. The molecule has 0 spiro atoms. The van der Waals surface area contributed by atoms with Crippen LogP contribution in [0.4, 0.5) is 0 Å². The quantitative estimate of drug-likeness (QED) is 0.0197. The molecule has 2 N–H and O–H groups in total. The average Bonchev–Trinajstić information content (AvgIpc) is 3.45. The Kier molecular flexibility index (Phi) is 60.0. The largest absolute Gasteiger partial charge is 0.472 e. The number of aliphatic hydroxyl groups is 1. The van der Waals surface area contributed by atoms with Gasteiger partial charge in [0.15, 0.2) is 6.10 Å². The van der Waals surface area contributed by atoms with Gasteiger partial charge in [0.25, 0.3) is 0 Å². The van der Waals surface area contributed by atoms with E-state index in [2.05, 4.69) is 81.5 Å². The Morgan fingerprint density at radius 3 is 1.01 bits per heavy atom. The number of hydrogen-bond donors (Lipinski definition) is 2. The van der Waals surface area contributed by atoms with Crippen LogP contribution in [0.25, 0.3) is 0 Å². The van der Waals surface area contributed by atoms with Gasteiger partial charge in [-0.2, -0.15) is 0 Å². The molecule has 0 aromatic carbocycles. The van der Waals surface area contributed by atoms with Crippen molar-refractivity contribution in [2.45, 2.75) is 328 Å². The molecule has 0 heterocycles. The van der Waals surface area contributed by atoms with E-state index in [1.54, 1.807) is 0 Å². The van der Waals surface area contributed by atoms with Gasteiger partial charge in [-0.15, -0.1) is 0 Å². The molecule has 0 rings (SSSR count). The lowest BCUT2D eigenvalue weighted by atomic mass is 10.0. The molecule has 0 aliphatic heterocycles. The van der Waals surface area contributed by atoms with Crippen LogP contribution in [0.15, 0.2) is 60.8 Å². The summed E-state index contributed by atoms with van der Waals surface area (Å²) in [7, 11) is -4.76. The van der Waals surface area contributed by atoms with Crippen LogP contribution in [-0.4, -0.2) is 66.5 Å². The van der Waals surface area contributed by atoms with Gasteiger partial charge in [0.1, 0.15) is 12.7 Å². The first-order valence-electron chi connectivity index (χ1n) is 33.2. The third-order valence-corrected chi connectivity index (χ3v) is 15.4. The zero-order valence-corrected chi connectivity index (χ0v) is 52.7. The second-order valence-electron chi connectivity index (χ2n) is 22.3. The van der Waals surface area contributed by atoms with E-state index in [-0.39, 0.29) is 25.9 Å². The molecule has 0 aromatic rings. The van der Waals surface area contributed by atoms with Gasteiger partial charge in [-0.3, -0.25) is 23.4 Å². The highest BCUT2D eigenvalue weighted by Gasteiger charge is 2.28. The molecule has 0 fully saturated rings. The molecule has 0 aromatic heterocycles. The van der Waals surface area contributed by atoms with E-state index in [0.717, 1.165) is 109 Å². The summed E-state index contributed by atoms with van der Waals surface area (Å²) in [6.07, 6.45) is 70.2. The van der Waals surface area contributed by atoms with E-state index in [0.29, 0.717) is 19.3 Å². The number of carbonyl (C=O) groups is 3. The second-order valence-corrected chi connectivity index (χ2v) is 23.7. The van der Waals surface area contributed by atoms with Crippen LogP contribution in [0.5, 0.6) is 0 Å². The number of hydrogen-bond acceptors (Lipinski definition) is 10. The lowest BCUT2D eigenvalue weighted by Gasteiger charge is -2.21. The maximum absolute atomic E-state index is 13.0. The highest BCUT2D eigenvalue weighted by atomic mass is 31.2. The standard InChI is InChI=1S/C68H123O11P/c1-4-7-10-13-16-19-22-25-28-31-32-35-38-41-44-47-50-53-56-59-68(72)79-65(61-75-66(70)57-54-51-48-45-42-39-36-33-29-26-23-20-17-14-11-8-5-2)63-77-80(73,74)76-62-64(60-69)78-67(71)58-55-52-49-46-43-40-37-34-30-27-24-21-18-15-12-9-6-3/h7,10,16,19,25,27-28,30,32,35,64-65,69H,4-6,8-9,11-15,17-18,20-24,26,29,31,33-34,36-63H2,1-3H3,(H,73,74)/b10-7-,19-16-,28-25-,30-27-,35-32-. The highest BCUT2D eigenvalue weighted by Crippen LogP contribution is 2.43. The first-order chi connectivity index (χ1) is 39.2. The van der Waals surface area contributed by atoms with E-state index in [1.807, 2.05) is 0 Å². The molecule has 3 unspecified atom stereocenters. The molecule has 3 atom stereocenters. The Hall–Kier alpha value is -2.82. The molecule has 0 saturated carbocycles. The smallest absolute Gasteiger partial charge is 0.462 e. The van der Waals surface area contributed by atoms with Gasteiger partial charge in [-0.1, -0.05) is 274 Å². The van der Waals surface area contributed by atoms with Crippen LogP contribution in [0.1, 0.15) is 316 Å². The predicted octanol–water partition coefficient (Wildman–Crippen LogP) is 20.3. The zero-order chi connectivity index (χ0) is 58.3. The third kappa shape index (κ3) is 59.8. The Morgan fingerprint density at radius 1 is 0.362 bits per heavy atom. The van der Waals surface area contributed by atoms with Gasteiger partial charge in [0, 0.05) is 19.3 Å². The first-order valence-corrected chi connectivity index (χ1v) is 34.7. The monoisotopic (exact) mass is 1150 g/mol. The van der Waals surface area contributed by atoms with Crippen molar-refractivity contribution in [2.75, 3.05) is 26.4 Å². The van der Waals surface area contributed by atoms with Crippen LogP contribution in [0.2, 0.25) is 0 Å². The summed E-state index contributed by atoms with van der Waals surface area (Å²) in [5.41, 5.74) is 0. The lowest BCUT2D eigenvalue weighted by molar-refractivity contribution is -0.161. The second kappa shape index (κ2) is 62.2. The fraction of sp³-hybridized carbons (Fsp3) is 0.809. The van der Waals surface area contributed by atoms with E-state index < -0.39 is 57.8 Å². The van der Waals surface area contributed by atoms with Gasteiger partial charge in [0.05, 0.1) is 19.8 Å². The number of phosphoric acid groups is 1. The summed E-state index contributed by atoms with van der Waals surface area (Å²) in [6.45, 7) is 4.57. The maximum Gasteiger partial charge on any atom is 0.472 e. The number of rotatable bonds is 62. The Balaban J connectivity index is 4.69. The molecule has 0 aliphatic rings. The summed E-state index contributed by atoms with van der Waals surface area (Å²) in [5, 5.41) is 9.86. The third-order valence-electron chi connectivity index (χ3n) is 14.4. The molecule has 80 heavy (non-hydrogen) atoms. The molecular weight excluding hydrogens is 1020 g/mol. The van der Waals surface area contributed by atoms with Crippen LogP contribution >= 0.6 is 7.82 Å². The van der Waals surface area contributed by atoms with Crippen molar-refractivity contribution in [3.8, 4) is 0 Å². The van der Waals surface area contributed by atoms with Gasteiger partial charge in [-0.05, 0) is 83.5 Å². The van der Waals surface area contributed by atoms with Crippen molar-refractivity contribution in [2.24, 2.45) is 0 Å². The van der Waals surface area contributed by atoms with E-state index in [4.69, 9.17) is 23.3 Å². The van der Waals surface area contributed by atoms with Crippen LogP contribution in [-0.2, 0) is 42.2 Å². The Bertz CT molecular complexity index is 1570. The van der Waals surface area contributed by atoms with Gasteiger partial charge >= 0.3 is 25.7 Å². The molecule has 11 nitrogen and oxygen atoms in total. The summed E-state index contributed by atoms with van der Waals surface area (Å²) in [4.78, 5) is 48.8. The minimum Gasteiger partial charge on any atom is -0.462 e. The summed E-state index contributed by atoms with van der Waals surface area (Å²) >= 11 is 0. The van der Waals surface area contributed by atoms with Gasteiger partial charge in [0.2, 0.25) is 0 Å². The van der Waals surface area contributed by atoms with Gasteiger partial charge in [-0.25, -0.2) is 4.57 Å². The molecule has 0 bridgehead atoms. The molecule has 0 saturated heterocycles. The number of aliphatic hydroxyl groups excluding tert-OH is 1. The summed E-state index contributed by atoms with van der Waals surface area (Å²) < 4.78 is 39.7. The van der Waals surface area contributed by atoms with Crippen molar-refractivity contribution < 1.29 is 52.2 Å². The predicted molar refractivity (Wildman–Crippen MR) is 335 cm³/mol. The Labute approximate surface area is 491 Å². The minimum atomic E-state index is -4.76. The van der Waals surface area contributed by atoms with Crippen molar-refractivity contribution in [1.82, 2.24) is 0 Å². The maximum atomic E-state index is 13.0. The molecule has 12 heteroatoms. The topological polar surface area (TPSA) is 155 Å². The summed E-state index contributed by atoms with van der Waals surface area (Å²) in [5.74, 6) is -1.46. The number of ether oxygens (including phenoxy) is 3. The molecular formula is C68H123O11P. The minimum absolute atomic E-state index is 0.153. The van der Waals surface area contributed by atoms with Gasteiger partial charge < -0.3 is 24.2 Å². The molecule has 466 valence electrons.